The van der Waals surface area contributed by atoms with Gasteiger partial charge < -0.3 is 10.1 Å². The van der Waals surface area contributed by atoms with Crippen molar-refractivity contribution in [3.63, 3.8) is 0 Å². The number of phenols is 1. The van der Waals surface area contributed by atoms with Crippen molar-refractivity contribution in [1.82, 2.24) is 9.97 Å². The fourth-order valence-electron chi connectivity index (χ4n) is 2.55. The van der Waals surface area contributed by atoms with E-state index in [0.29, 0.717) is 11.7 Å². The van der Waals surface area contributed by atoms with Crippen LogP contribution in [0.2, 0.25) is 0 Å². The van der Waals surface area contributed by atoms with Gasteiger partial charge in [-0.25, -0.2) is 4.98 Å². The van der Waals surface area contributed by atoms with Gasteiger partial charge in [0.05, 0.1) is 6.33 Å². The predicted molar refractivity (Wildman–Crippen MR) is 68.7 cm³/mol. The monoisotopic (exact) mass is 250 g/mol. The largest absolute Gasteiger partial charge is 0.508 e. The van der Waals surface area contributed by atoms with Crippen LogP contribution in [0.3, 0.4) is 0 Å². The molecule has 3 rings (SSSR count). The number of benzene rings is 1. The molecule has 4 heteroatoms. The number of rotatable bonds is 2. The summed E-state index contributed by atoms with van der Waals surface area (Å²) in [5.74, 6) is 0.887. The summed E-state index contributed by atoms with van der Waals surface area (Å²) < 4.78 is 0. The first-order chi connectivity index (χ1) is 7.83. The Kier molecular flexibility index (Phi) is 3.38. The highest BCUT2D eigenvalue weighted by molar-refractivity contribution is 5.85. The lowest BCUT2D eigenvalue weighted by molar-refractivity contribution is 0.474. The van der Waals surface area contributed by atoms with Crippen LogP contribution < -0.4 is 0 Å². The normalized spacial score (nSPS) is 17.5. The number of halogens is 1. The van der Waals surface area contributed by atoms with E-state index in [1.54, 1.807) is 12.4 Å². The molecule has 90 valence electrons. The van der Waals surface area contributed by atoms with Crippen LogP contribution in [-0.2, 0) is 12.8 Å². The number of aromatic hydroxyl groups is 1. The minimum Gasteiger partial charge on any atom is -0.508 e. The van der Waals surface area contributed by atoms with Crippen molar-refractivity contribution in [3.05, 3.63) is 47.5 Å². The molecule has 0 saturated carbocycles. The molecule has 1 aliphatic rings. The van der Waals surface area contributed by atoms with Crippen LogP contribution in [0.15, 0.2) is 30.7 Å². The Morgan fingerprint density at radius 3 is 3.06 bits per heavy atom. The van der Waals surface area contributed by atoms with Crippen molar-refractivity contribution in [2.24, 2.45) is 0 Å². The van der Waals surface area contributed by atoms with Gasteiger partial charge in [0.25, 0.3) is 0 Å². The molecule has 2 aromatic rings. The van der Waals surface area contributed by atoms with Crippen molar-refractivity contribution in [2.75, 3.05) is 0 Å². The smallest absolute Gasteiger partial charge is 0.115 e. The quantitative estimate of drug-likeness (QED) is 0.861. The van der Waals surface area contributed by atoms with Crippen molar-refractivity contribution >= 4 is 12.4 Å². The van der Waals surface area contributed by atoms with Crippen LogP contribution >= 0.6 is 12.4 Å². The summed E-state index contributed by atoms with van der Waals surface area (Å²) in [5, 5.41) is 9.52. The molecule has 0 radical (unpaired) electrons. The van der Waals surface area contributed by atoms with Gasteiger partial charge in [0, 0.05) is 11.9 Å². The molecule has 1 atom stereocenters. The molecular formula is C13H15ClN2O. The van der Waals surface area contributed by atoms with Crippen molar-refractivity contribution in [1.29, 1.82) is 0 Å². The van der Waals surface area contributed by atoms with E-state index in [4.69, 9.17) is 0 Å². The highest BCUT2D eigenvalue weighted by Gasteiger charge is 2.23. The van der Waals surface area contributed by atoms with Crippen LogP contribution in [-0.4, -0.2) is 15.1 Å². The van der Waals surface area contributed by atoms with Crippen LogP contribution in [0, 0.1) is 0 Å². The number of hydrogen-bond acceptors (Lipinski definition) is 2. The van der Waals surface area contributed by atoms with Gasteiger partial charge in [-0.1, -0.05) is 6.07 Å². The van der Waals surface area contributed by atoms with Crippen molar-refractivity contribution < 1.29 is 5.11 Å². The second-order valence-corrected chi connectivity index (χ2v) is 4.40. The van der Waals surface area contributed by atoms with E-state index in [1.165, 1.54) is 16.8 Å². The van der Waals surface area contributed by atoms with Gasteiger partial charge in [0.15, 0.2) is 0 Å². The Bertz CT molecular complexity index is 496. The zero-order chi connectivity index (χ0) is 11.0. The molecule has 3 nitrogen and oxygen atoms in total. The molecule has 1 heterocycles. The zero-order valence-corrected chi connectivity index (χ0v) is 10.2. The molecule has 0 fully saturated rings. The average Bonchev–Trinajstić information content (AvgIpc) is 2.90. The fraction of sp³-hybridized carbons (Fsp3) is 0.308. The fourth-order valence-corrected chi connectivity index (χ4v) is 2.55. The van der Waals surface area contributed by atoms with Crippen LogP contribution in [0.4, 0.5) is 0 Å². The number of aromatic amines is 1. The molecule has 0 bridgehead atoms. The first-order valence-corrected chi connectivity index (χ1v) is 5.62. The summed E-state index contributed by atoms with van der Waals surface area (Å²) in [6.07, 6.45) is 6.86. The van der Waals surface area contributed by atoms with E-state index >= 15 is 0 Å². The van der Waals surface area contributed by atoms with E-state index in [0.717, 1.165) is 19.3 Å². The number of imidazole rings is 1. The van der Waals surface area contributed by atoms with E-state index < -0.39 is 0 Å². The molecule has 0 amide bonds. The van der Waals surface area contributed by atoms with E-state index in [-0.39, 0.29) is 12.4 Å². The highest BCUT2D eigenvalue weighted by Crippen LogP contribution is 2.36. The summed E-state index contributed by atoms with van der Waals surface area (Å²) in [4.78, 5) is 7.17. The SMILES string of the molecule is Cl.Oc1ccc2c(c1)[C@@H](Cc1cnc[nH]1)CC2. The lowest BCUT2D eigenvalue weighted by Crippen LogP contribution is -1.98. The number of hydrogen-bond donors (Lipinski definition) is 2. The number of aromatic nitrogens is 2. The molecule has 1 aromatic heterocycles. The van der Waals surface area contributed by atoms with Crippen LogP contribution in [0.25, 0.3) is 0 Å². The predicted octanol–water partition coefficient (Wildman–Crippen LogP) is 2.81. The molecule has 1 aliphatic carbocycles. The van der Waals surface area contributed by atoms with Gasteiger partial charge >= 0.3 is 0 Å². The molecule has 17 heavy (non-hydrogen) atoms. The molecule has 1 aromatic carbocycles. The number of phenolic OH excluding ortho intramolecular Hbond substituents is 1. The Balaban J connectivity index is 0.00000108. The number of nitrogens with zero attached hydrogens (tertiary/aromatic N) is 1. The minimum absolute atomic E-state index is 0. The molecule has 0 aliphatic heterocycles. The third-order valence-electron chi connectivity index (χ3n) is 3.35. The Labute approximate surface area is 106 Å². The second-order valence-electron chi connectivity index (χ2n) is 4.40. The first kappa shape index (κ1) is 12.0. The zero-order valence-electron chi connectivity index (χ0n) is 9.39. The maximum atomic E-state index is 9.52. The summed E-state index contributed by atoms with van der Waals surface area (Å²) >= 11 is 0. The Hall–Kier alpha value is -1.48. The molecule has 0 saturated heterocycles. The Morgan fingerprint density at radius 1 is 1.41 bits per heavy atom. The van der Waals surface area contributed by atoms with Crippen LogP contribution in [0.1, 0.15) is 29.2 Å². The van der Waals surface area contributed by atoms with Gasteiger partial charge in [-0.2, -0.15) is 0 Å². The highest BCUT2D eigenvalue weighted by atomic mass is 35.5. The standard InChI is InChI=1S/C13H14N2O.ClH/c16-12-4-3-9-1-2-10(13(9)6-12)5-11-7-14-8-15-11;/h3-4,6-8,10,16H,1-2,5H2,(H,14,15);1H/t10-;/m1./s1. The van der Waals surface area contributed by atoms with Gasteiger partial charge in [-0.3, -0.25) is 0 Å². The number of fused-ring (bicyclic) bond motifs is 1. The number of H-pyrrole nitrogens is 1. The molecule has 0 spiro atoms. The first-order valence-electron chi connectivity index (χ1n) is 5.62. The lowest BCUT2D eigenvalue weighted by atomic mass is 9.96. The van der Waals surface area contributed by atoms with E-state index in [2.05, 4.69) is 9.97 Å². The maximum absolute atomic E-state index is 9.52. The van der Waals surface area contributed by atoms with E-state index in [9.17, 15) is 5.11 Å². The van der Waals surface area contributed by atoms with E-state index in [1.807, 2.05) is 18.3 Å². The van der Waals surface area contributed by atoms with Crippen LogP contribution in [0.5, 0.6) is 5.75 Å². The number of nitrogens with one attached hydrogen (secondary N) is 1. The number of aryl methyl sites for hydroxylation is 1. The summed E-state index contributed by atoms with van der Waals surface area (Å²) in [5.41, 5.74) is 3.85. The molecule has 2 N–H and O–H groups in total. The lowest BCUT2D eigenvalue weighted by Gasteiger charge is -2.10. The average molecular weight is 251 g/mol. The minimum atomic E-state index is 0. The maximum Gasteiger partial charge on any atom is 0.115 e. The van der Waals surface area contributed by atoms with Gasteiger partial charge in [0.2, 0.25) is 0 Å². The Morgan fingerprint density at radius 2 is 2.29 bits per heavy atom. The summed E-state index contributed by atoms with van der Waals surface area (Å²) in [7, 11) is 0. The van der Waals surface area contributed by atoms with Gasteiger partial charge in [0.1, 0.15) is 5.75 Å². The summed E-state index contributed by atoms with van der Waals surface area (Å²) in [6.45, 7) is 0. The van der Waals surface area contributed by atoms with Gasteiger partial charge in [-0.15, -0.1) is 12.4 Å². The van der Waals surface area contributed by atoms with Gasteiger partial charge in [-0.05, 0) is 48.4 Å². The molecular weight excluding hydrogens is 236 g/mol. The third-order valence-corrected chi connectivity index (χ3v) is 3.35. The topological polar surface area (TPSA) is 48.9 Å². The van der Waals surface area contributed by atoms with Crippen molar-refractivity contribution in [2.45, 2.75) is 25.2 Å². The molecule has 0 unspecified atom stereocenters. The van der Waals surface area contributed by atoms with Crippen molar-refractivity contribution in [3.8, 4) is 5.75 Å². The third kappa shape index (κ3) is 2.29. The summed E-state index contributed by atoms with van der Waals surface area (Å²) in [6, 6.07) is 5.72. The second kappa shape index (κ2) is 4.80.